The van der Waals surface area contributed by atoms with Crippen molar-refractivity contribution in [3.63, 3.8) is 0 Å². The predicted molar refractivity (Wildman–Crippen MR) is 72.0 cm³/mol. The second-order valence-corrected chi connectivity index (χ2v) is 5.30. The van der Waals surface area contributed by atoms with Crippen LogP contribution in [0.25, 0.3) is 0 Å². The van der Waals surface area contributed by atoms with Gasteiger partial charge in [0.15, 0.2) is 0 Å². The average Bonchev–Trinajstić information content (AvgIpc) is 2.33. The third kappa shape index (κ3) is 8.30. The molecule has 8 heteroatoms. The number of carboxylic acids is 1. The molecule has 0 aromatic carbocycles. The summed E-state index contributed by atoms with van der Waals surface area (Å²) in [5.41, 5.74) is 4.73. The Kier molecular flexibility index (Phi) is 7.60. The fraction of sp³-hybridized carbons (Fsp3) is 0.750. The van der Waals surface area contributed by atoms with Crippen molar-refractivity contribution in [1.29, 1.82) is 0 Å². The first-order chi connectivity index (χ1) is 9.18. The van der Waals surface area contributed by atoms with E-state index >= 15 is 0 Å². The number of carbonyl (C=O) groups is 3. The molecule has 0 saturated carbocycles. The minimum Gasteiger partial charge on any atom is -0.480 e. The molecule has 3 amide bonds. The van der Waals surface area contributed by atoms with E-state index in [0.717, 1.165) is 6.42 Å². The summed E-state index contributed by atoms with van der Waals surface area (Å²) in [4.78, 5) is 33.1. The number of nitrogens with one attached hydrogen (secondary N) is 2. The highest BCUT2D eigenvalue weighted by atomic mass is 16.5. The minimum atomic E-state index is -1.32. The maximum absolute atomic E-state index is 11.6. The Morgan fingerprint density at radius 1 is 1.35 bits per heavy atom. The van der Waals surface area contributed by atoms with Gasteiger partial charge in [-0.05, 0) is 11.8 Å². The highest BCUT2D eigenvalue weighted by molar-refractivity contribution is 5.87. The molecule has 0 aromatic heterocycles. The zero-order valence-electron chi connectivity index (χ0n) is 12.1. The number of urea groups is 1. The van der Waals surface area contributed by atoms with Crippen molar-refractivity contribution >= 4 is 17.9 Å². The molecule has 5 N–H and O–H groups in total. The van der Waals surface area contributed by atoms with Gasteiger partial charge in [-0.2, -0.15) is 0 Å². The maximum atomic E-state index is 11.6. The molecule has 0 aromatic rings. The Bertz CT molecular complexity index is 357. The van der Waals surface area contributed by atoms with Gasteiger partial charge in [0.1, 0.15) is 6.04 Å². The summed E-state index contributed by atoms with van der Waals surface area (Å²) in [6.07, 6.45) is 0.295. The van der Waals surface area contributed by atoms with Crippen LogP contribution in [0.15, 0.2) is 0 Å². The smallest absolute Gasteiger partial charge is 0.326 e. The van der Waals surface area contributed by atoms with Crippen molar-refractivity contribution in [1.82, 2.24) is 10.6 Å². The van der Waals surface area contributed by atoms with Gasteiger partial charge in [0.2, 0.25) is 5.91 Å². The molecule has 0 spiro atoms. The molecule has 0 fully saturated rings. The zero-order valence-corrected chi connectivity index (χ0v) is 12.1. The largest absolute Gasteiger partial charge is 0.480 e. The van der Waals surface area contributed by atoms with Gasteiger partial charge in [0.05, 0.1) is 6.42 Å². The molecule has 116 valence electrons. The lowest BCUT2D eigenvalue weighted by atomic mass is 9.90. The molecule has 0 saturated heterocycles. The van der Waals surface area contributed by atoms with Gasteiger partial charge in [-0.25, -0.2) is 9.59 Å². The van der Waals surface area contributed by atoms with Crippen LogP contribution in [0, 0.1) is 5.41 Å². The SMILES string of the molecule is COCCC(C)(C)CNC(=O)NC(CC(N)=O)C(=O)O. The second-order valence-electron chi connectivity index (χ2n) is 5.30. The van der Waals surface area contributed by atoms with Crippen LogP contribution >= 0.6 is 0 Å². The summed E-state index contributed by atoms with van der Waals surface area (Å²) in [6.45, 7) is 4.82. The number of nitrogens with two attached hydrogens (primary N) is 1. The predicted octanol–water partition coefficient (Wildman–Crippen LogP) is -0.323. The first-order valence-electron chi connectivity index (χ1n) is 6.22. The van der Waals surface area contributed by atoms with Crippen molar-refractivity contribution in [2.45, 2.75) is 32.7 Å². The number of carbonyl (C=O) groups excluding carboxylic acids is 2. The number of hydrogen-bond donors (Lipinski definition) is 4. The van der Waals surface area contributed by atoms with Crippen LogP contribution < -0.4 is 16.4 Å². The normalized spacial score (nSPS) is 12.6. The molecule has 0 radical (unpaired) electrons. The standard InChI is InChI=1S/C12H23N3O5/c1-12(2,4-5-20-3)7-14-11(19)15-8(10(17)18)6-9(13)16/h8H,4-7H2,1-3H3,(H2,13,16)(H,17,18)(H2,14,15,19). The van der Waals surface area contributed by atoms with E-state index in [0.29, 0.717) is 13.2 Å². The van der Waals surface area contributed by atoms with Crippen LogP contribution in [0.2, 0.25) is 0 Å². The molecule has 20 heavy (non-hydrogen) atoms. The number of aliphatic carboxylic acids is 1. The van der Waals surface area contributed by atoms with E-state index in [2.05, 4.69) is 10.6 Å². The van der Waals surface area contributed by atoms with Crippen molar-refractivity contribution in [2.24, 2.45) is 11.1 Å². The fourth-order valence-electron chi connectivity index (χ4n) is 1.40. The summed E-state index contributed by atoms with van der Waals surface area (Å²) in [6, 6.07) is -1.97. The molecule has 8 nitrogen and oxygen atoms in total. The van der Waals surface area contributed by atoms with Crippen LogP contribution in [-0.4, -0.2) is 49.3 Å². The van der Waals surface area contributed by atoms with E-state index in [1.807, 2.05) is 13.8 Å². The van der Waals surface area contributed by atoms with E-state index in [9.17, 15) is 14.4 Å². The first kappa shape index (κ1) is 18.2. The molecule has 0 rings (SSSR count). The number of carboxylic acid groups (broad SMARTS) is 1. The Balaban J connectivity index is 4.26. The Morgan fingerprint density at radius 3 is 2.40 bits per heavy atom. The Hall–Kier alpha value is -1.83. The van der Waals surface area contributed by atoms with Gasteiger partial charge >= 0.3 is 12.0 Å². The molecule has 0 aliphatic carbocycles. The van der Waals surface area contributed by atoms with Crippen molar-refractivity contribution < 1.29 is 24.2 Å². The van der Waals surface area contributed by atoms with Crippen molar-refractivity contribution in [2.75, 3.05) is 20.3 Å². The highest BCUT2D eigenvalue weighted by Gasteiger charge is 2.23. The Labute approximate surface area is 118 Å². The summed E-state index contributed by atoms with van der Waals surface area (Å²) < 4.78 is 4.97. The molecule has 0 heterocycles. The molecule has 1 unspecified atom stereocenters. The van der Waals surface area contributed by atoms with E-state index in [1.54, 1.807) is 7.11 Å². The number of methoxy groups -OCH3 is 1. The summed E-state index contributed by atoms with van der Waals surface area (Å²) in [7, 11) is 1.59. The first-order valence-corrected chi connectivity index (χ1v) is 6.22. The van der Waals surface area contributed by atoms with Crippen LogP contribution in [-0.2, 0) is 14.3 Å². The molecule has 1 atom stereocenters. The van der Waals surface area contributed by atoms with E-state index in [-0.39, 0.29) is 5.41 Å². The third-order valence-corrected chi connectivity index (χ3v) is 2.72. The number of primary amides is 1. The van der Waals surface area contributed by atoms with Gasteiger partial charge in [0.25, 0.3) is 0 Å². The van der Waals surface area contributed by atoms with Crippen molar-refractivity contribution in [3.8, 4) is 0 Å². The topological polar surface area (TPSA) is 131 Å². The molecule has 0 aliphatic rings. The maximum Gasteiger partial charge on any atom is 0.326 e. The van der Waals surface area contributed by atoms with Gasteiger partial charge < -0.3 is 26.2 Å². The quantitative estimate of drug-likeness (QED) is 0.462. The van der Waals surface area contributed by atoms with Gasteiger partial charge in [-0.3, -0.25) is 4.79 Å². The molecule has 0 aliphatic heterocycles. The summed E-state index contributed by atoms with van der Waals surface area (Å²) >= 11 is 0. The molecule has 0 bridgehead atoms. The average molecular weight is 289 g/mol. The van der Waals surface area contributed by atoms with Gasteiger partial charge in [-0.15, -0.1) is 0 Å². The lowest BCUT2D eigenvalue weighted by Gasteiger charge is -2.25. The van der Waals surface area contributed by atoms with Crippen molar-refractivity contribution in [3.05, 3.63) is 0 Å². The Morgan fingerprint density at radius 2 is 1.95 bits per heavy atom. The van der Waals surface area contributed by atoms with Gasteiger partial charge in [-0.1, -0.05) is 13.8 Å². The lowest BCUT2D eigenvalue weighted by Crippen LogP contribution is -2.49. The highest BCUT2D eigenvalue weighted by Crippen LogP contribution is 2.18. The molecular formula is C12H23N3O5. The van der Waals surface area contributed by atoms with Crippen LogP contribution in [0.4, 0.5) is 4.79 Å². The second kappa shape index (κ2) is 8.36. The fourth-order valence-corrected chi connectivity index (χ4v) is 1.40. The van der Waals surface area contributed by atoms with E-state index < -0.39 is 30.4 Å². The van der Waals surface area contributed by atoms with E-state index in [4.69, 9.17) is 15.6 Å². The number of ether oxygens (including phenoxy) is 1. The zero-order chi connectivity index (χ0) is 15.8. The lowest BCUT2D eigenvalue weighted by molar-refractivity contribution is -0.140. The van der Waals surface area contributed by atoms with Crippen LogP contribution in [0.1, 0.15) is 26.7 Å². The monoisotopic (exact) mass is 289 g/mol. The third-order valence-electron chi connectivity index (χ3n) is 2.72. The number of rotatable bonds is 9. The summed E-state index contributed by atoms with van der Waals surface area (Å²) in [5, 5.41) is 13.6. The number of hydrogen-bond acceptors (Lipinski definition) is 4. The number of amides is 3. The molecular weight excluding hydrogens is 266 g/mol. The van der Waals surface area contributed by atoms with Crippen LogP contribution in [0.3, 0.4) is 0 Å². The van der Waals surface area contributed by atoms with Crippen LogP contribution in [0.5, 0.6) is 0 Å². The van der Waals surface area contributed by atoms with E-state index in [1.165, 1.54) is 0 Å². The minimum absolute atomic E-state index is 0.185. The summed E-state index contributed by atoms with van der Waals surface area (Å²) in [5.74, 6) is -2.10. The van der Waals surface area contributed by atoms with Gasteiger partial charge in [0, 0.05) is 20.3 Å².